The lowest BCUT2D eigenvalue weighted by atomic mass is 9.85. The Morgan fingerprint density at radius 2 is 1.71 bits per heavy atom. The number of nitrogens with one attached hydrogen (secondary N) is 1. The first-order valence-electron chi connectivity index (χ1n) is 10.3. The van der Waals surface area contributed by atoms with Gasteiger partial charge in [0.15, 0.2) is 5.69 Å². The molecule has 0 radical (unpaired) electrons. The molecule has 31 heavy (non-hydrogen) atoms. The summed E-state index contributed by atoms with van der Waals surface area (Å²) in [5.74, 6) is -0.0958. The zero-order valence-corrected chi connectivity index (χ0v) is 18.0. The Bertz CT molecular complexity index is 1230. The molecule has 0 saturated heterocycles. The molecule has 1 aliphatic rings. The van der Waals surface area contributed by atoms with Crippen LogP contribution >= 0.6 is 0 Å². The number of amides is 1. The van der Waals surface area contributed by atoms with Gasteiger partial charge in [-0.1, -0.05) is 67.9 Å². The molecule has 0 bridgehead atoms. The van der Waals surface area contributed by atoms with Crippen LogP contribution in [-0.4, -0.2) is 21.3 Å². The van der Waals surface area contributed by atoms with Crippen LogP contribution in [0.25, 0.3) is 11.3 Å². The first-order valence-corrected chi connectivity index (χ1v) is 10.3. The van der Waals surface area contributed by atoms with Gasteiger partial charge in [-0.05, 0) is 24.6 Å². The predicted octanol–water partition coefficient (Wildman–Crippen LogP) is 5.42. The van der Waals surface area contributed by atoms with E-state index in [-0.39, 0.29) is 17.4 Å². The van der Waals surface area contributed by atoms with Crippen LogP contribution < -0.4 is 4.90 Å². The minimum atomic E-state index is -0.242. The van der Waals surface area contributed by atoms with E-state index in [1.165, 1.54) is 5.56 Å². The van der Waals surface area contributed by atoms with E-state index in [2.05, 4.69) is 67.3 Å². The summed E-state index contributed by atoms with van der Waals surface area (Å²) in [6.07, 6.45) is 1.55. The summed E-state index contributed by atoms with van der Waals surface area (Å²) in [5.41, 5.74) is 7.03. The van der Waals surface area contributed by atoms with Crippen molar-refractivity contribution in [2.24, 2.45) is 0 Å². The third kappa shape index (κ3) is 3.15. The Hall–Kier alpha value is -3.67. The number of H-pyrrole nitrogens is 1. The monoisotopic (exact) mass is 412 g/mol. The van der Waals surface area contributed by atoms with E-state index in [0.29, 0.717) is 5.69 Å². The lowest BCUT2D eigenvalue weighted by molar-refractivity contribution is 0.0988. The fourth-order valence-corrected chi connectivity index (χ4v) is 4.20. The fourth-order valence-electron chi connectivity index (χ4n) is 4.20. The van der Waals surface area contributed by atoms with Crippen molar-refractivity contribution in [2.45, 2.75) is 39.2 Å². The molecule has 6 heteroatoms. The van der Waals surface area contributed by atoms with Gasteiger partial charge in [-0.3, -0.25) is 14.8 Å². The summed E-state index contributed by atoms with van der Waals surface area (Å²) in [6.45, 7) is 8.46. The van der Waals surface area contributed by atoms with E-state index < -0.39 is 0 Å². The third-order valence-electron chi connectivity index (χ3n) is 5.78. The number of rotatable bonds is 3. The van der Waals surface area contributed by atoms with Crippen molar-refractivity contribution in [3.05, 3.63) is 88.9 Å². The van der Waals surface area contributed by atoms with E-state index in [1.807, 2.05) is 35.2 Å². The van der Waals surface area contributed by atoms with Crippen LogP contribution in [0.4, 0.5) is 5.69 Å². The molecular weight excluding hydrogens is 388 g/mol. The number of hydrogen-bond acceptors (Lipinski definition) is 4. The number of fused-ring (bicyclic) bond motifs is 1. The normalized spacial score (nSPS) is 16.1. The summed E-state index contributed by atoms with van der Waals surface area (Å²) in [5, 5.41) is 11.6. The van der Waals surface area contributed by atoms with Crippen molar-refractivity contribution >= 4 is 11.6 Å². The Kier molecular flexibility index (Phi) is 4.32. The highest BCUT2D eigenvalue weighted by molar-refractivity contribution is 6.10. The van der Waals surface area contributed by atoms with Crippen LogP contribution in [0.1, 0.15) is 59.7 Å². The first kappa shape index (κ1) is 19.3. The van der Waals surface area contributed by atoms with Crippen LogP contribution in [0.3, 0.4) is 0 Å². The number of nitrogens with zero attached hydrogens (tertiary/aromatic N) is 3. The number of aryl methyl sites for hydroxylation is 1. The number of benzene rings is 2. The van der Waals surface area contributed by atoms with Gasteiger partial charge in [-0.25, -0.2) is 0 Å². The highest BCUT2D eigenvalue weighted by Gasteiger charge is 2.44. The van der Waals surface area contributed by atoms with Gasteiger partial charge < -0.3 is 4.52 Å². The molecule has 0 aliphatic carbocycles. The van der Waals surface area contributed by atoms with Gasteiger partial charge in [0.1, 0.15) is 12.0 Å². The van der Waals surface area contributed by atoms with Crippen LogP contribution in [0.15, 0.2) is 65.4 Å². The molecule has 6 nitrogen and oxygen atoms in total. The maximum absolute atomic E-state index is 13.5. The van der Waals surface area contributed by atoms with E-state index in [9.17, 15) is 4.79 Å². The van der Waals surface area contributed by atoms with Gasteiger partial charge >= 0.3 is 0 Å². The average molecular weight is 412 g/mol. The van der Waals surface area contributed by atoms with Gasteiger partial charge in [0.05, 0.1) is 6.04 Å². The van der Waals surface area contributed by atoms with Gasteiger partial charge in [-0.2, -0.15) is 5.10 Å². The third-order valence-corrected chi connectivity index (χ3v) is 5.78. The average Bonchev–Trinajstić information content (AvgIpc) is 3.46. The van der Waals surface area contributed by atoms with E-state index in [0.717, 1.165) is 33.8 Å². The minimum absolute atomic E-state index is 0.0958. The molecule has 1 unspecified atom stereocenters. The number of carbonyl (C=O) groups is 1. The van der Waals surface area contributed by atoms with Crippen LogP contribution in [0.2, 0.25) is 0 Å². The molecule has 1 amide bonds. The maximum Gasteiger partial charge on any atom is 0.280 e. The second-order valence-electron chi connectivity index (χ2n) is 9.03. The smallest absolute Gasteiger partial charge is 0.280 e. The molecular formula is C25H24N4O2. The zero-order valence-electron chi connectivity index (χ0n) is 18.0. The topological polar surface area (TPSA) is 75.0 Å². The summed E-state index contributed by atoms with van der Waals surface area (Å²) in [6, 6.07) is 17.8. The molecule has 0 saturated carbocycles. The van der Waals surface area contributed by atoms with Crippen LogP contribution in [0, 0.1) is 6.92 Å². The number of aromatic amines is 1. The Labute approximate surface area is 180 Å². The molecule has 4 aromatic rings. The van der Waals surface area contributed by atoms with Crippen molar-refractivity contribution in [3.8, 4) is 11.3 Å². The number of carbonyl (C=O) groups excluding carboxylic acids is 1. The van der Waals surface area contributed by atoms with Crippen LogP contribution in [-0.2, 0) is 5.41 Å². The lowest BCUT2D eigenvalue weighted by Gasteiger charge is -2.28. The largest absolute Gasteiger partial charge is 0.364 e. The van der Waals surface area contributed by atoms with Gasteiger partial charge in [0.2, 0.25) is 0 Å². The van der Waals surface area contributed by atoms with Crippen molar-refractivity contribution in [3.63, 3.8) is 0 Å². The minimum Gasteiger partial charge on any atom is -0.364 e. The summed E-state index contributed by atoms with van der Waals surface area (Å²) in [7, 11) is 0. The van der Waals surface area contributed by atoms with Crippen molar-refractivity contribution in [1.29, 1.82) is 0 Å². The molecule has 1 aliphatic heterocycles. The summed E-state index contributed by atoms with van der Waals surface area (Å²) < 4.78 is 4.95. The zero-order chi connectivity index (χ0) is 21.8. The summed E-state index contributed by atoms with van der Waals surface area (Å²) >= 11 is 0. The van der Waals surface area contributed by atoms with E-state index >= 15 is 0 Å². The second kappa shape index (κ2) is 6.94. The van der Waals surface area contributed by atoms with Crippen molar-refractivity contribution in [2.75, 3.05) is 4.90 Å². The van der Waals surface area contributed by atoms with E-state index in [1.54, 1.807) is 6.26 Å². The van der Waals surface area contributed by atoms with Gasteiger partial charge in [0, 0.05) is 34.0 Å². The lowest BCUT2D eigenvalue weighted by Crippen LogP contribution is -2.30. The maximum atomic E-state index is 13.5. The van der Waals surface area contributed by atoms with Gasteiger partial charge in [0.25, 0.3) is 5.91 Å². The molecule has 1 N–H and O–H groups in total. The highest BCUT2D eigenvalue weighted by Crippen LogP contribution is 2.45. The first-order chi connectivity index (χ1) is 14.8. The quantitative estimate of drug-likeness (QED) is 0.487. The number of hydrogen-bond donors (Lipinski definition) is 1. The SMILES string of the molecule is Cc1ccc(C2c3c(n[nH]c3C(C)(C)C)C(=O)N2c2ccc(-c3ccon3)cc2)cc1. The molecule has 0 fully saturated rings. The highest BCUT2D eigenvalue weighted by atomic mass is 16.5. The Balaban J connectivity index is 1.64. The van der Waals surface area contributed by atoms with Crippen molar-refractivity contribution < 1.29 is 9.32 Å². The van der Waals surface area contributed by atoms with E-state index in [4.69, 9.17) is 4.52 Å². The molecule has 5 rings (SSSR count). The molecule has 156 valence electrons. The Morgan fingerprint density at radius 1 is 1.00 bits per heavy atom. The molecule has 3 heterocycles. The van der Waals surface area contributed by atoms with Gasteiger partial charge in [-0.15, -0.1) is 0 Å². The second-order valence-corrected chi connectivity index (χ2v) is 9.03. The molecule has 2 aromatic heterocycles. The molecule has 2 aromatic carbocycles. The van der Waals surface area contributed by atoms with Crippen LogP contribution in [0.5, 0.6) is 0 Å². The van der Waals surface area contributed by atoms with Crippen molar-refractivity contribution in [1.82, 2.24) is 15.4 Å². The molecule has 1 atom stereocenters. The predicted molar refractivity (Wildman–Crippen MR) is 119 cm³/mol. The fraction of sp³-hybridized carbons (Fsp3) is 0.240. The Morgan fingerprint density at radius 3 is 2.32 bits per heavy atom. The number of aromatic nitrogens is 3. The molecule has 0 spiro atoms. The summed E-state index contributed by atoms with van der Waals surface area (Å²) in [4.78, 5) is 15.4. The number of anilines is 1. The standard InChI is InChI=1S/C25H24N4O2/c1-15-5-7-17(8-6-15)22-20-21(26-27-23(20)25(2,3)4)24(30)29(22)18-11-9-16(10-12-18)19-13-14-31-28-19/h5-14,22H,1-4H3,(H,26,27).